The van der Waals surface area contributed by atoms with Gasteiger partial charge in [0.2, 0.25) is 0 Å². The Balaban J connectivity index is 2.00. The van der Waals surface area contributed by atoms with Crippen LogP contribution < -0.4 is 9.80 Å². The predicted octanol–water partition coefficient (Wildman–Crippen LogP) is 4.36. The molecule has 170 valence electrons. The summed E-state index contributed by atoms with van der Waals surface area (Å²) < 4.78 is 6.00. The minimum atomic E-state index is -1.48. The number of nitro benzene ring substituents is 1. The molecule has 0 aliphatic carbocycles. The number of carbonyl (C=O) groups excluding carboxylic acids is 1. The second kappa shape index (κ2) is 8.54. The Morgan fingerprint density at radius 3 is 2.27 bits per heavy atom. The number of aromatic nitrogens is 1. The van der Waals surface area contributed by atoms with E-state index in [-0.39, 0.29) is 16.9 Å². The molecule has 1 aliphatic rings. The van der Waals surface area contributed by atoms with Crippen molar-refractivity contribution in [2.45, 2.75) is 19.4 Å². The SMILES string of the molecule is CCN(CC)c1ccc(C2(c3ccc(N(C)C)cc3[N+](=O)[O-])OC(=O)c3ncccc32)cc1. The first kappa shape index (κ1) is 22.3. The van der Waals surface area contributed by atoms with Gasteiger partial charge in [0.15, 0.2) is 11.3 Å². The van der Waals surface area contributed by atoms with Crippen LogP contribution in [0.3, 0.4) is 0 Å². The molecule has 0 saturated heterocycles. The zero-order valence-corrected chi connectivity index (χ0v) is 19.1. The van der Waals surface area contributed by atoms with Crippen molar-refractivity contribution in [2.24, 2.45) is 0 Å². The molecule has 1 atom stereocenters. The van der Waals surface area contributed by atoms with Crippen molar-refractivity contribution < 1.29 is 14.5 Å². The van der Waals surface area contributed by atoms with Crippen LogP contribution >= 0.6 is 0 Å². The molecule has 1 unspecified atom stereocenters. The average molecular weight is 447 g/mol. The van der Waals surface area contributed by atoms with Crippen LogP contribution in [0.25, 0.3) is 0 Å². The van der Waals surface area contributed by atoms with Crippen LogP contribution in [0.2, 0.25) is 0 Å². The summed E-state index contributed by atoms with van der Waals surface area (Å²) in [6.07, 6.45) is 1.52. The van der Waals surface area contributed by atoms with Crippen LogP contribution in [-0.2, 0) is 10.3 Å². The van der Waals surface area contributed by atoms with Crippen LogP contribution in [0.5, 0.6) is 0 Å². The first-order chi connectivity index (χ1) is 15.8. The van der Waals surface area contributed by atoms with Gasteiger partial charge in [-0.05, 0) is 44.2 Å². The lowest BCUT2D eigenvalue weighted by atomic mass is 9.79. The van der Waals surface area contributed by atoms with Crippen LogP contribution in [0.4, 0.5) is 17.1 Å². The fraction of sp³-hybridized carbons (Fsp3) is 0.280. The molecule has 0 fully saturated rings. The zero-order chi connectivity index (χ0) is 23.8. The number of cyclic esters (lactones) is 1. The molecule has 3 aromatic rings. The fourth-order valence-electron chi connectivity index (χ4n) is 4.41. The lowest BCUT2D eigenvalue weighted by Gasteiger charge is -2.30. The van der Waals surface area contributed by atoms with Crippen molar-refractivity contribution in [3.63, 3.8) is 0 Å². The summed E-state index contributed by atoms with van der Waals surface area (Å²) in [6, 6.07) is 16.0. The van der Waals surface area contributed by atoms with Gasteiger partial charge in [-0.1, -0.05) is 18.2 Å². The molecule has 4 rings (SSSR count). The van der Waals surface area contributed by atoms with Gasteiger partial charge in [0.25, 0.3) is 5.69 Å². The maximum atomic E-state index is 12.9. The van der Waals surface area contributed by atoms with E-state index < -0.39 is 16.5 Å². The van der Waals surface area contributed by atoms with Gasteiger partial charge in [0.1, 0.15) is 0 Å². The molecule has 0 radical (unpaired) electrons. The molecule has 0 bridgehead atoms. The molecule has 8 heteroatoms. The first-order valence-corrected chi connectivity index (χ1v) is 10.8. The molecule has 2 heterocycles. The summed E-state index contributed by atoms with van der Waals surface area (Å²) in [6.45, 7) is 5.85. The molecule has 2 aromatic carbocycles. The normalized spacial score (nSPS) is 16.8. The number of anilines is 2. The highest BCUT2D eigenvalue weighted by atomic mass is 16.6. The summed E-state index contributed by atoms with van der Waals surface area (Å²) >= 11 is 0. The summed E-state index contributed by atoms with van der Waals surface area (Å²) in [7, 11) is 3.63. The lowest BCUT2D eigenvalue weighted by Crippen LogP contribution is -2.31. The average Bonchev–Trinajstić information content (AvgIpc) is 3.13. The van der Waals surface area contributed by atoms with Crippen molar-refractivity contribution in [3.05, 3.63) is 93.3 Å². The number of esters is 1. The number of hydrogen-bond donors (Lipinski definition) is 0. The van der Waals surface area contributed by atoms with Gasteiger partial charge in [-0.2, -0.15) is 0 Å². The van der Waals surface area contributed by atoms with E-state index in [0.717, 1.165) is 18.8 Å². The number of ether oxygens (including phenoxy) is 1. The van der Waals surface area contributed by atoms with E-state index in [1.807, 2.05) is 38.4 Å². The molecule has 0 spiro atoms. The molecule has 33 heavy (non-hydrogen) atoms. The first-order valence-electron chi connectivity index (χ1n) is 10.8. The Labute approximate surface area is 192 Å². The van der Waals surface area contributed by atoms with Gasteiger partial charge in [0.05, 0.1) is 10.5 Å². The van der Waals surface area contributed by atoms with E-state index in [9.17, 15) is 14.9 Å². The highest BCUT2D eigenvalue weighted by molar-refractivity contribution is 5.94. The monoisotopic (exact) mass is 446 g/mol. The summed E-state index contributed by atoms with van der Waals surface area (Å²) in [5, 5.41) is 12.2. The molecular weight excluding hydrogens is 420 g/mol. The van der Waals surface area contributed by atoms with E-state index in [0.29, 0.717) is 16.8 Å². The van der Waals surface area contributed by atoms with Gasteiger partial charge >= 0.3 is 5.97 Å². The summed E-state index contributed by atoms with van der Waals surface area (Å²) in [4.78, 5) is 32.8. The molecule has 1 aliphatic heterocycles. The third-order valence-corrected chi connectivity index (χ3v) is 6.10. The fourth-order valence-corrected chi connectivity index (χ4v) is 4.41. The molecule has 0 amide bonds. The highest BCUT2D eigenvalue weighted by Gasteiger charge is 2.52. The van der Waals surface area contributed by atoms with Crippen molar-refractivity contribution >= 4 is 23.0 Å². The smallest absolute Gasteiger partial charge is 0.358 e. The summed E-state index contributed by atoms with van der Waals surface area (Å²) in [5.41, 5.74) is 1.66. The van der Waals surface area contributed by atoms with Gasteiger partial charge < -0.3 is 14.5 Å². The predicted molar refractivity (Wildman–Crippen MR) is 127 cm³/mol. The topological polar surface area (TPSA) is 88.8 Å². The van der Waals surface area contributed by atoms with E-state index in [4.69, 9.17) is 4.74 Å². The third kappa shape index (κ3) is 3.57. The summed E-state index contributed by atoms with van der Waals surface area (Å²) in [5.74, 6) is -0.607. The van der Waals surface area contributed by atoms with Crippen LogP contribution in [-0.4, -0.2) is 43.1 Å². The quantitative estimate of drug-likeness (QED) is 0.303. The van der Waals surface area contributed by atoms with E-state index in [1.165, 1.54) is 12.3 Å². The maximum Gasteiger partial charge on any atom is 0.358 e. The van der Waals surface area contributed by atoms with E-state index in [2.05, 4.69) is 23.7 Å². The number of nitro groups is 1. The second-order valence-corrected chi connectivity index (χ2v) is 8.04. The largest absolute Gasteiger partial charge is 0.439 e. The minimum Gasteiger partial charge on any atom is -0.439 e. The molecule has 0 saturated carbocycles. The van der Waals surface area contributed by atoms with Crippen molar-refractivity contribution in [1.29, 1.82) is 0 Å². The highest BCUT2D eigenvalue weighted by Crippen LogP contribution is 2.49. The van der Waals surface area contributed by atoms with Crippen molar-refractivity contribution in [2.75, 3.05) is 37.0 Å². The van der Waals surface area contributed by atoms with E-state index in [1.54, 1.807) is 29.2 Å². The molecular formula is C25H26N4O4. The standard InChI is InChI=1S/C25H26N4O4/c1-5-28(6-2)18-11-9-17(10-12-18)25(21-8-7-15-26-23(21)24(30)33-25)20-14-13-19(27(3)4)16-22(20)29(31)32/h7-16H,5-6H2,1-4H3. The lowest BCUT2D eigenvalue weighted by molar-refractivity contribution is -0.386. The zero-order valence-electron chi connectivity index (χ0n) is 19.1. The van der Waals surface area contributed by atoms with Crippen molar-refractivity contribution in [1.82, 2.24) is 4.98 Å². The van der Waals surface area contributed by atoms with Gasteiger partial charge in [-0.3, -0.25) is 10.1 Å². The van der Waals surface area contributed by atoms with E-state index >= 15 is 0 Å². The Morgan fingerprint density at radius 1 is 1.00 bits per heavy atom. The maximum absolute atomic E-state index is 12.9. The Morgan fingerprint density at radius 2 is 1.67 bits per heavy atom. The number of pyridine rings is 1. The van der Waals surface area contributed by atoms with Crippen molar-refractivity contribution in [3.8, 4) is 0 Å². The number of fused-ring (bicyclic) bond motifs is 1. The van der Waals surface area contributed by atoms with Crippen LogP contribution in [0, 0.1) is 10.1 Å². The second-order valence-electron chi connectivity index (χ2n) is 8.04. The number of hydrogen-bond acceptors (Lipinski definition) is 7. The number of benzene rings is 2. The van der Waals surface area contributed by atoms with Gasteiger partial charge in [-0.25, -0.2) is 9.78 Å². The third-order valence-electron chi connectivity index (χ3n) is 6.10. The molecule has 0 N–H and O–H groups in total. The van der Waals surface area contributed by atoms with Gasteiger partial charge in [0, 0.05) is 61.9 Å². The molecule has 1 aromatic heterocycles. The minimum absolute atomic E-state index is 0.126. The Hall–Kier alpha value is -3.94. The molecule has 8 nitrogen and oxygen atoms in total. The Kier molecular flexibility index (Phi) is 5.76. The number of carbonyl (C=O) groups is 1. The van der Waals surface area contributed by atoms with Crippen LogP contribution in [0.15, 0.2) is 60.8 Å². The number of rotatable bonds is 7. The van der Waals surface area contributed by atoms with Crippen LogP contribution in [0.1, 0.15) is 41.0 Å². The van der Waals surface area contributed by atoms with Gasteiger partial charge in [-0.15, -0.1) is 0 Å². The number of nitrogens with zero attached hydrogens (tertiary/aromatic N) is 4. The Bertz CT molecular complexity index is 1210.